The predicted molar refractivity (Wildman–Crippen MR) is 72.8 cm³/mol. The average molecular weight is 354 g/mol. The summed E-state index contributed by atoms with van der Waals surface area (Å²) in [6.45, 7) is 0.509. The number of carbonyl (C=O) groups is 1. The zero-order valence-electron chi connectivity index (χ0n) is 12.5. The molecule has 1 aliphatic rings. The maximum absolute atomic E-state index is 13.5. The molecule has 134 valence electrons. The first-order valence-electron chi connectivity index (χ1n) is 7.00. The van der Waals surface area contributed by atoms with E-state index in [1.807, 2.05) is 0 Å². The lowest BCUT2D eigenvalue weighted by Crippen LogP contribution is -2.57. The van der Waals surface area contributed by atoms with Crippen molar-refractivity contribution in [2.24, 2.45) is 5.92 Å². The van der Waals surface area contributed by atoms with Crippen LogP contribution in [0.5, 0.6) is 0 Å². The highest BCUT2D eigenvalue weighted by Gasteiger charge is 2.46. The third-order valence-corrected chi connectivity index (χ3v) is 3.76. The molecule has 6 nitrogen and oxygen atoms in total. The topological polar surface area (TPSA) is 78.4 Å². The molecule has 1 aromatic heterocycles. The average Bonchev–Trinajstić information content (AvgIpc) is 2.44. The number of halogens is 5. The van der Waals surface area contributed by atoms with Crippen molar-refractivity contribution in [3.05, 3.63) is 18.1 Å². The van der Waals surface area contributed by atoms with E-state index >= 15 is 0 Å². The zero-order valence-corrected chi connectivity index (χ0v) is 12.5. The number of amides is 1. The second kappa shape index (κ2) is 6.36. The molecule has 1 amide bonds. The second-order valence-corrected chi connectivity index (χ2v) is 5.68. The number of alkyl halides is 5. The normalized spacial score (nSPS) is 23.8. The molecule has 0 bridgehead atoms. The van der Waals surface area contributed by atoms with Gasteiger partial charge in [0.05, 0.1) is 25.0 Å². The lowest BCUT2D eigenvalue weighted by molar-refractivity contribution is -0.141. The van der Waals surface area contributed by atoms with E-state index < -0.39 is 48.8 Å². The van der Waals surface area contributed by atoms with Gasteiger partial charge in [0.1, 0.15) is 5.82 Å². The van der Waals surface area contributed by atoms with Crippen LogP contribution in [0, 0.1) is 5.92 Å². The molecule has 0 radical (unpaired) electrons. The van der Waals surface area contributed by atoms with Gasteiger partial charge in [-0.1, -0.05) is 6.92 Å². The van der Waals surface area contributed by atoms with Gasteiger partial charge in [0.25, 0.3) is 5.92 Å². The molecule has 1 aromatic rings. The van der Waals surface area contributed by atoms with Crippen molar-refractivity contribution in [1.82, 2.24) is 14.9 Å². The highest BCUT2D eigenvalue weighted by Crippen LogP contribution is 2.34. The van der Waals surface area contributed by atoms with E-state index in [0.717, 1.165) is 6.20 Å². The molecular formula is C13H15F5N4O2. The van der Waals surface area contributed by atoms with E-state index in [2.05, 4.69) is 15.3 Å². The summed E-state index contributed by atoms with van der Waals surface area (Å²) in [6, 6.07) is -0.758. The zero-order chi connectivity index (χ0) is 18.1. The Balaban J connectivity index is 2.05. The third-order valence-electron chi connectivity index (χ3n) is 3.76. The SMILES string of the molecule is CC1CC(F)(F)CN(C(=O)O)C1CNc1cnc(C(F)(F)F)cn1. The Morgan fingerprint density at radius 3 is 2.58 bits per heavy atom. The molecule has 0 spiro atoms. The fourth-order valence-corrected chi connectivity index (χ4v) is 2.64. The van der Waals surface area contributed by atoms with E-state index in [9.17, 15) is 26.7 Å². The molecule has 11 heteroatoms. The van der Waals surface area contributed by atoms with Gasteiger partial charge < -0.3 is 10.4 Å². The predicted octanol–water partition coefficient (Wildman–Crippen LogP) is 2.93. The van der Waals surface area contributed by atoms with Crippen molar-refractivity contribution in [2.75, 3.05) is 18.4 Å². The van der Waals surface area contributed by atoms with Crippen LogP contribution in [0.1, 0.15) is 19.0 Å². The van der Waals surface area contributed by atoms with Crippen molar-refractivity contribution in [3.8, 4) is 0 Å². The number of likely N-dealkylation sites (tertiary alicyclic amines) is 1. The number of nitrogens with zero attached hydrogens (tertiary/aromatic N) is 3. The smallest absolute Gasteiger partial charge is 0.434 e. The monoisotopic (exact) mass is 354 g/mol. The van der Waals surface area contributed by atoms with E-state index in [-0.39, 0.29) is 12.4 Å². The fourth-order valence-electron chi connectivity index (χ4n) is 2.64. The van der Waals surface area contributed by atoms with E-state index in [4.69, 9.17) is 5.11 Å². The van der Waals surface area contributed by atoms with Gasteiger partial charge >= 0.3 is 12.3 Å². The summed E-state index contributed by atoms with van der Waals surface area (Å²) in [5.41, 5.74) is -1.16. The van der Waals surface area contributed by atoms with Gasteiger partial charge in [-0.05, 0) is 5.92 Å². The van der Waals surface area contributed by atoms with Gasteiger partial charge in [-0.25, -0.2) is 23.5 Å². The fraction of sp³-hybridized carbons (Fsp3) is 0.615. The molecule has 2 atom stereocenters. The van der Waals surface area contributed by atoms with Gasteiger partial charge in [0.15, 0.2) is 5.69 Å². The molecule has 2 N–H and O–H groups in total. The van der Waals surface area contributed by atoms with Crippen molar-refractivity contribution in [2.45, 2.75) is 31.5 Å². The molecule has 1 aliphatic heterocycles. The summed E-state index contributed by atoms with van der Waals surface area (Å²) in [6.07, 6.45) is -5.17. The summed E-state index contributed by atoms with van der Waals surface area (Å²) in [4.78, 5) is 18.6. The molecule has 2 rings (SSSR count). The van der Waals surface area contributed by atoms with Crippen LogP contribution in [0.4, 0.5) is 32.6 Å². The number of hydrogen-bond acceptors (Lipinski definition) is 4. The summed E-state index contributed by atoms with van der Waals surface area (Å²) < 4.78 is 64.2. The number of carboxylic acid groups (broad SMARTS) is 1. The number of nitrogens with one attached hydrogen (secondary N) is 1. The minimum atomic E-state index is -4.62. The molecule has 1 fully saturated rings. The highest BCUT2D eigenvalue weighted by atomic mass is 19.4. The lowest BCUT2D eigenvalue weighted by Gasteiger charge is -2.41. The molecular weight excluding hydrogens is 339 g/mol. The van der Waals surface area contributed by atoms with Crippen LogP contribution in [0.15, 0.2) is 12.4 Å². The van der Waals surface area contributed by atoms with Crippen LogP contribution in [-0.4, -0.2) is 51.1 Å². The number of aromatic nitrogens is 2. The van der Waals surface area contributed by atoms with Crippen molar-refractivity contribution >= 4 is 11.9 Å². The maximum atomic E-state index is 13.5. The van der Waals surface area contributed by atoms with Gasteiger partial charge in [0, 0.05) is 13.0 Å². The molecule has 24 heavy (non-hydrogen) atoms. The highest BCUT2D eigenvalue weighted by molar-refractivity contribution is 5.66. The summed E-state index contributed by atoms with van der Waals surface area (Å²) in [5.74, 6) is -3.75. The van der Waals surface area contributed by atoms with E-state index in [1.54, 1.807) is 0 Å². The maximum Gasteiger partial charge on any atom is 0.434 e. The Hall–Kier alpha value is -2.20. The lowest BCUT2D eigenvalue weighted by atomic mass is 9.89. The summed E-state index contributed by atoms with van der Waals surface area (Å²) >= 11 is 0. The van der Waals surface area contributed by atoms with Gasteiger partial charge in [0.2, 0.25) is 0 Å². The number of rotatable bonds is 3. The van der Waals surface area contributed by atoms with Crippen molar-refractivity contribution < 1.29 is 31.9 Å². The number of piperidine rings is 1. The molecule has 0 aliphatic carbocycles. The first kappa shape index (κ1) is 18.1. The van der Waals surface area contributed by atoms with Crippen LogP contribution in [0.3, 0.4) is 0 Å². The minimum absolute atomic E-state index is 0.00197. The first-order valence-corrected chi connectivity index (χ1v) is 7.00. The van der Waals surface area contributed by atoms with Crippen LogP contribution in [0.25, 0.3) is 0 Å². The van der Waals surface area contributed by atoms with Crippen molar-refractivity contribution in [3.63, 3.8) is 0 Å². The largest absolute Gasteiger partial charge is 0.465 e. The van der Waals surface area contributed by atoms with Crippen molar-refractivity contribution in [1.29, 1.82) is 0 Å². The number of hydrogen-bond donors (Lipinski definition) is 2. The standard InChI is InChI=1S/C13H15F5N4O2/c1-7-2-12(14,15)6-22(11(23)24)8(7)3-20-10-5-19-9(4-21-10)13(16,17)18/h4-5,7-8H,2-3,6H2,1H3,(H,20,21)(H,23,24). The molecule has 2 unspecified atom stereocenters. The van der Waals surface area contributed by atoms with E-state index in [0.29, 0.717) is 11.1 Å². The van der Waals surface area contributed by atoms with Crippen LogP contribution in [0.2, 0.25) is 0 Å². The van der Waals surface area contributed by atoms with Gasteiger partial charge in [-0.3, -0.25) is 4.90 Å². The third kappa shape index (κ3) is 4.20. The molecule has 0 saturated carbocycles. The molecule has 2 heterocycles. The Bertz CT molecular complexity index is 593. The number of anilines is 1. The quantitative estimate of drug-likeness (QED) is 0.816. The Morgan fingerprint density at radius 1 is 1.42 bits per heavy atom. The van der Waals surface area contributed by atoms with E-state index in [1.165, 1.54) is 6.92 Å². The van der Waals surface area contributed by atoms with Gasteiger partial charge in [-0.2, -0.15) is 13.2 Å². The van der Waals surface area contributed by atoms with Crippen LogP contribution < -0.4 is 5.32 Å². The molecule has 1 saturated heterocycles. The molecule has 0 aromatic carbocycles. The Kier molecular flexibility index (Phi) is 4.81. The Labute approximate surface area is 133 Å². The minimum Gasteiger partial charge on any atom is -0.465 e. The first-order chi connectivity index (χ1) is 11.0. The summed E-state index contributed by atoms with van der Waals surface area (Å²) in [5, 5.41) is 11.7. The van der Waals surface area contributed by atoms with Gasteiger partial charge in [-0.15, -0.1) is 0 Å². The van der Waals surface area contributed by atoms with Crippen LogP contribution in [-0.2, 0) is 6.18 Å². The second-order valence-electron chi connectivity index (χ2n) is 5.68. The summed E-state index contributed by atoms with van der Waals surface area (Å²) in [7, 11) is 0. The Morgan fingerprint density at radius 2 is 2.08 bits per heavy atom. The van der Waals surface area contributed by atoms with Crippen LogP contribution >= 0.6 is 0 Å².